The SMILES string of the molecule is CS(=O)(=O)c1ccc(CC(=O)NC2=CC(Cl)=C(c3ccccc3)C(Cl)(OC(F)(F)F)C2)cc1. The van der Waals surface area contributed by atoms with Crippen LogP contribution in [0.4, 0.5) is 13.2 Å². The van der Waals surface area contributed by atoms with Crippen molar-refractivity contribution < 1.29 is 31.1 Å². The first-order valence-electron chi connectivity index (χ1n) is 9.48. The fourth-order valence-corrected chi connectivity index (χ4v) is 4.87. The molecule has 0 saturated heterocycles. The third-order valence-corrected chi connectivity index (χ3v) is 6.51. The lowest BCUT2D eigenvalue weighted by atomic mass is 9.92. The van der Waals surface area contributed by atoms with Crippen LogP contribution in [0.3, 0.4) is 0 Å². The van der Waals surface area contributed by atoms with Crippen LogP contribution in [0, 0.1) is 0 Å². The van der Waals surface area contributed by atoms with Gasteiger partial charge in [0.05, 0.1) is 16.3 Å². The molecule has 0 radical (unpaired) electrons. The maximum atomic E-state index is 13.2. The molecule has 0 aromatic heterocycles. The fourth-order valence-electron chi connectivity index (χ4n) is 3.36. The van der Waals surface area contributed by atoms with Crippen molar-refractivity contribution >= 4 is 44.5 Å². The molecule has 11 heteroatoms. The van der Waals surface area contributed by atoms with E-state index in [9.17, 15) is 26.4 Å². The Kier molecular flexibility index (Phi) is 7.28. The van der Waals surface area contributed by atoms with E-state index in [0.717, 1.165) is 6.26 Å². The molecule has 0 saturated carbocycles. The Bertz CT molecular complexity index is 1210. The van der Waals surface area contributed by atoms with Crippen molar-refractivity contribution in [2.24, 2.45) is 0 Å². The van der Waals surface area contributed by atoms with Crippen LogP contribution in [0.25, 0.3) is 5.57 Å². The van der Waals surface area contributed by atoms with Crippen LogP contribution >= 0.6 is 23.2 Å². The van der Waals surface area contributed by atoms with E-state index in [4.69, 9.17) is 23.2 Å². The molecule has 2 aromatic carbocycles. The Labute approximate surface area is 198 Å². The highest BCUT2D eigenvalue weighted by Gasteiger charge is 2.48. The summed E-state index contributed by atoms with van der Waals surface area (Å²) in [6.45, 7) is 0. The van der Waals surface area contributed by atoms with E-state index in [2.05, 4.69) is 10.1 Å². The third-order valence-electron chi connectivity index (χ3n) is 4.69. The molecule has 1 N–H and O–H groups in total. The van der Waals surface area contributed by atoms with Crippen molar-refractivity contribution in [1.29, 1.82) is 0 Å². The molecule has 0 aliphatic heterocycles. The zero-order valence-corrected chi connectivity index (χ0v) is 19.4. The Morgan fingerprint density at radius 3 is 2.27 bits per heavy atom. The Morgan fingerprint density at radius 1 is 1.12 bits per heavy atom. The van der Waals surface area contributed by atoms with Crippen LogP contribution in [-0.4, -0.2) is 32.0 Å². The second-order valence-corrected chi connectivity index (χ2v) is 10.4. The van der Waals surface area contributed by atoms with Gasteiger partial charge in [-0.1, -0.05) is 65.7 Å². The maximum Gasteiger partial charge on any atom is 0.524 e. The largest absolute Gasteiger partial charge is 0.524 e. The van der Waals surface area contributed by atoms with E-state index in [1.807, 2.05) is 0 Å². The average Bonchev–Trinajstić information content (AvgIpc) is 2.66. The maximum absolute atomic E-state index is 13.2. The summed E-state index contributed by atoms with van der Waals surface area (Å²) >= 11 is 12.6. The number of amides is 1. The summed E-state index contributed by atoms with van der Waals surface area (Å²) < 4.78 is 66.9. The van der Waals surface area contributed by atoms with Crippen molar-refractivity contribution in [1.82, 2.24) is 5.32 Å². The van der Waals surface area contributed by atoms with Gasteiger partial charge in [0, 0.05) is 23.9 Å². The number of sulfone groups is 1. The topological polar surface area (TPSA) is 72.5 Å². The van der Waals surface area contributed by atoms with E-state index in [1.54, 1.807) is 30.3 Å². The third kappa shape index (κ3) is 6.60. The number of hydrogen-bond acceptors (Lipinski definition) is 4. The minimum atomic E-state index is -5.06. The molecule has 1 unspecified atom stereocenters. The second-order valence-electron chi connectivity index (χ2n) is 7.35. The summed E-state index contributed by atoms with van der Waals surface area (Å²) in [5.41, 5.74) is 0.816. The predicted molar refractivity (Wildman–Crippen MR) is 119 cm³/mol. The molecular formula is C22H18Cl2F3NO4S. The number of hydrogen-bond donors (Lipinski definition) is 1. The predicted octanol–water partition coefficient (Wildman–Crippen LogP) is 5.16. The molecular weight excluding hydrogens is 502 g/mol. The van der Waals surface area contributed by atoms with Gasteiger partial charge in [-0.15, -0.1) is 13.2 Å². The van der Waals surface area contributed by atoms with Crippen molar-refractivity contribution in [3.8, 4) is 0 Å². The minimum absolute atomic E-state index is 0.0386. The first-order valence-corrected chi connectivity index (χ1v) is 12.1. The summed E-state index contributed by atoms with van der Waals surface area (Å²) in [5.74, 6) is -0.549. The Morgan fingerprint density at radius 2 is 1.73 bits per heavy atom. The molecule has 0 bridgehead atoms. The number of carbonyl (C=O) groups is 1. The number of carbonyl (C=O) groups excluding carboxylic acids is 1. The zero-order chi connectivity index (χ0) is 24.4. The molecule has 2 aromatic rings. The van der Waals surface area contributed by atoms with Gasteiger partial charge in [0.15, 0.2) is 14.9 Å². The van der Waals surface area contributed by atoms with Crippen molar-refractivity contribution in [3.05, 3.63) is 82.5 Å². The number of alkyl halides is 4. The van der Waals surface area contributed by atoms with Gasteiger partial charge in [0.25, 0.3) is 0 Å². The molecule has 0 fully saturated rings. The smallest absolute Gasteiger partial charge is 0.329 e. The number of halogens is 5. The highest BCUT2D eigenvalue weighted by Crippen LogP contribution is 2.48. The lowest BCUT2D eigenvalue weighted by molar-refractivity contribution is -0.342. The molecule has 1 aliphatic rings. The van der Waals surface area contributed by atoms with Crippen molar-refractivity contribution in [3.63, 3.8) is 0 Å². The number of rotatable bonds is 6. The molecule has 3 rings (SSSR count). The van der Waals surface area contributed by atoms with E-state index >= 15 is 0 Å². The van der Waals surface area contributed by atoms with Crippen molar-refractivity contribution in [2.45, 2.75) is 29.2 Å². The average molecular weight is 520 g/mol. The highest BCUT2D eigenvalue weighted by atomic mass is 35.5. The van der Waals surface area contributed by atoms with Crippen LogP contribution in [-0.2, 0) is 25.8 Å². The zero-order valence-electron chi connectivity index (χ0n) is 17.1. The van der Waals surface area contributed by atoms with Gasteiger partial charge in [-0.3, -0.25) is 9.53 Å². The number of nitrogens with one attached hydrogen (secondary N) is 1. The van der Waals surface area contributed by atoms with Gasteiger partial charge >= 0.3 is 6.36 Å². The standard InChI is InChI=1S/C22H18Cl2F3NO4S/c1-33(30,31)17-9-7-14(8-10-17)11-19(29)28-16-12-18(23)20(15-5-3-2-4-6-15)21(24,13-16)32-22(25,26)27/h2-10,12H,11,13H2,1H3,(H,28,29). The van der Waals surface area contributed by atoms with Gasteiger partial charge < -0.3 is 5.32 Å². The van der Waals surface area contributed by atoms with Gasteiger partial charge in [-0.05, 0) is 29.3 Å². The summed E-state index contributed by atoms with van der Waals surface area (Å²) in [4.78, 5) is 12.6. The molecule has 0 spiro atoms. The van der Waals surface area contributed by atoms with Crippen LogP contribution in [0.1, 0.15) is 17.5 Å². The van der Waals surface area contributed by atoms with Crippen LogP contribution in [0.5, 0.6) is 0 Å². The van der Waals surface area contributed by atoms with E-state index in [-0.39, 0.29) is 27.6 Å². The summed E-state index contributed by atoms with van der Waals surface area (Å²) in [6, 6.07) is 13.7. The lowest BCUT2D eigenvalue weighted by Gasteiger charge is -2.35. The molecule has 1 aliphatic carbocycles. The summed E-state index contributed by atoms with van der Waals surface area (Å²) in [5, 5.41) is -0.0000962. The summed E-state index contributed by atoms with van der Waals surface area (Å²) in [6.07, 6.45) is -3.33. The quantitative estimate of drug-likeness (QED) is 0.535. The van der Waals surface area contributed by atoms with Gasteiger partial charge in [-0.25, -0.2) is 8.42 Å². The molecule has 0 heterocycles. The van der Waals surface area contributed by atoms with Crippen LogP contribution in [0.2, 0.25) is 0 Å². The van der Waals surface area contributed by atoms with E-state index in [1.165, 1.54) is 30.3 Å². The lowest BCUT2D eigenvalue weighted by Crippen LogP contribution is -2.39. The number of ether oxygens (including phenoxy) is 1. The first kappa shape index (κ1) is 25.3. The van der Waals surface area contributed by atoms with Crippen molar-refractivity contribution in [2.75, 3.05) is 6.26 Å². The van der Waals surface area contributed by atoms with Gasteiger partial charge in [0.2, 0.25) is 5.91 Å². The Hall–Kier alpha value is -2.33. The summed E-state index contributed by atoms with van der Waals surface area (Å²) in [7, 11) is -3.38. The highest BCUT2D eigenvalue weighted by molar-refractivity contribution is 7.90. The number of allylic oxidation sites excluding steroid dienone is 2. The normalized spacial score (nSPS) is 19.3. The monoisotopic (exact) mass is 519 g/mol. The first-order chi connectivity index (χ1) is 15.3. The molecule has 33 heavy (non-hydrogen) atoms. The number of benzene rings is 2. The van der Waals surface area contributed by atoms with Crippen LogP contribution < -0.4 is 5.32 Å². The van der Waals surface area contributed by atoms with Gasteiger partial charge in [0.1, 0.15) is 0 Å². The molecule has 1 atom stereocenters. The van der Waals surface area contributed by atoms with Crippen LogP contribution in [0.15, 0.2) is 76.3 Å². The van der Waals surface area contributed by atoms with E-state index in [0.29, 0.717) is 11.1 Å². The minimum Gasteiger partial charge on any atom is -0.329 e. The van der Waals surface area contributed by atoms with Gasteiger partial charge in [-0.2, -0.15) is 0 Å². The Balaban J connectivity index is 1.84. The molecule has 5 nitrogen and oxygen atoms in total. The molecule has 1 amide bonds. The van der Waals surface area contributed by atoms with E-state index < -0.39 is 33.6 Å². The molecule has 176 valence electrons. The fraction of sp³-hybridized carbons (Fsp3) is 0.227. The second kappa shape index (κ2) is 9.50.